The summed E-state index contributed by atoms with van der Waals surface area (Å²) in [4.78, 5) is 0.334. The summed E-state index contributed by atoms with van der Waals surface area (Å²) in [5.74, 6) is 0. The number of sulfonamides is 1. The topological polar surface area (TPSA) is 55.2 Å². The second-order valence-electron chi connectivity index (χ2n) is 5.66. The van der Waals surface area contributed by atoms with E-state index in [1.807, 2.05) is 44.6 Å². The maximum atomic E-state index is 12.5. The molecule has 0 atom stereocenters. The van der Waals surface area contributed by atoms with Gasteiger partial charge in [-0.3, -0.25) is 4.68 Å². The van der Waals surface area contributed by atoms with Gasteiger partial charge in [0.05, 0.1) is 10.6 Å². The quantitative estimate of drug-likeness (QED) is 0.848. The first-order chi connectivity index (χ1) is 10.2. The molecule has 120 valence electrons. The summed E-state index contributed by atoms with van der Waals surface area (Å²) in [5, 5.41) is 4.37. The zero-order valence-electron chi connectivity index (χ0n) is 13.8. The van der Waals surface area contributed by atoms with Crippen LogP contribution in [0.5, 0.6) is 0 Å². The number of benzene rings is 1. The molecule has 1 aromatic heterocycles. The molecule has 0 aliphatic heterocycles. The molecule has 0 amide bonds. The third kappa shape index (κ3) is 3.23. The molecule has 0 saturated carbocycles. The Morgan fingerprint density at radius 2 is 1.73 bits per heavy atom. The number of nitrogens with zero attached hydrogens (tertiary/aromatic N) is 3. The van der Waals surface area contributed by atoms with Gasteiger partial charge in [0.15, 0.2) is 0 Å². The lowest BCUT2D eigenvalue weighted by molar-refractivity contribution is 0.472. The number of likely N-dealkylation sites (N-methyl/N-ethyl adjacent to an activating group) is 1. The van der Waals surface area contributed by atoms with Crippen LogP contribution in [0.15, 0.2) is 29.2 Å². The van der Waals surface area contributed by atoms with Gasteiger partial charge in [0, 0.05) is 26.3 Å². The van der Waals surface area contributed by atoms with Gasteiger partial charge in [-0.05, 0) is 44.9 Å². The van der Waals surface area contributed by atoms with Crippen molar-refractivity contribution in [2.24, 2.45) is 7.05 Å². The number of rotatable bonds is 5. The summed E-state index contributed by atoms with van der Waals surface area (Å²) in [6, 6.07) is 6.94. The van der Waals surface area contributed by atoms with Crippen molar-refractivity contribution < 1.29 is 8.42 Å². The van der Waals surface area contributed by atoms with E-state index in [0.29, 0.717) is 17.9 Å². The van der Waals surface area contributed by atoms with E-state index >= 15 is 0 Å². The highest BCUT2D eigenvalue weighted by Crippen LogP contribution is 2.17. The van der Waals surface area contributed by atoms with Gasteiger partial charge >= 0.3 is 0 Å². The van der Waals surface area contributed by atoms with Gasteiger partial charge in [0.25, 0.3) is 0 Å². The molecule has 0 aliphatic rings. The lowest BCUT2D eigenvalue weighted by Gasteiger charge is -2.17. The van der Waals surface area contributed by atoms with Crippen molar-refractivity contribution in [3.05, 3.63) is 46.8 Å². The third-order valence-electron chi connectivity index (χ3n) is 4.06. The molecule has 1 aromatic carbocycles. The Hall–Kier alpha value is -1.66. The predicted octanol–water partition coefficient (Wildman–Crippen LogP) is 2.21. The number of aromatic nitrogens is 2. The molecule has 0 unspecified atom stereocenters. The molecule has 0 aliphatic carbocycles. The highest BCUT2D eigenvalue weighted by atomic mass is 32.2. The molecule has 1 heterocycles. The Morgan fingerprint density at radius 3 is 2.23 bits per heavy atom. The fourth-order valence-corrected chi connectivity index (χ4v) is 3.63. The summed E-state index contributed by atoms with van der Waals surface area (Å²) >= 11 is 0. The Labute approximate surface area is 132 Å². The lowest BCUT2D eigenvalue weighted by atomic mass is 10.1. The van der Waals surface area contributed by atoms with Crippen LogP contribution in [0.4, 0.5) is 0 Å². The van der Waals surface area contributed by atoms with Crippen LogP contribution in [-0.4, -0.2) is 36.1 Å². The molecule has 2 rings (SSSR count). The van der Waals surface area contributed by atoms with E-state index in [4.69, 9.17) is 0 Å². The molecular formula is C16H23N3O2S. The first kappa shape index (κ1) is 16.7. The van der Waals surface area contributed by atoms with Crippen LogP contribution in [0, 0.1) is 20.8 Å². The van der Waals surface area contributed by atoms with Gasteiger partial charge in [-0.1, -0.05) is 17.7 Å². The number of hydrogen-bond donors (Lipinski definition) is 0. The Kier molecular flexibility index (Phi) is 4.72. The van der Waals surface area contributed by atoms with E-state index in [1.165, 1.54) is 4.31 Å². The van der Waals surface area contributed by atoms with E-state index in [0.717, 1.165) is 22.5 Å². The van der Waals surface area contributed by atoms with Crippen molar-refractivity contribution in [3.8, 4) is 0 Å². The van der Waals surface area contributed by atoms with Crippen LogP contribution in [0.25, 0.3) is 0 Å². The predicted molar refractivity (Wildman–Crippen MR) is 87.4 cm³/mol. The first-order valence-corrected chi connectivity index (χ1v) is 8.69. The van der Waals surface area contributed by atoms with Crippen molar-refractivity contribution in [2.45, 2.75) is 32.1 Å². The molecule has 0 radical (unpaired) electrons. The summed E-state index contributed by atoms with van der Waals surface area (Å²) in [6.07, 6.45) is 0.660. The zero-order chi connectivity index (χ0) is 16.5. The standard InChI is InChI=1S/C16H23N3O2S/c1-12-6-8-15(9-7-12)22(20,21)18(4)11-10-16-13(2)17-19(5)14(16)3/h6-9H,10-11H2,1-5H3. The zero-order valence-corrected chi connectivity index (χ0v) is 14.6. The Bertz CT molecular complexity index is 761. The van der Waals surface area contributed by atoms with Gasteiger partial charge in [0.1, 0.15) is 0 Å². The van der Waals surface area contributed by atoms with Gasteiger partial charge in [-0.2, -0.15) is 5.10 Å². The monoisotopic (exact) mass is 321 g/mol. The first-order valence-electron chi connectivity index (χ1n) is 7.25. The van der Waals surface area contributed by atoms with Crippen molar-refractivity contribution in [1.29, 1.82) is 0 Å². The number of aryl methyl sites for hydroxylation is 3. The average Bonchev–Trinajstić information content (AvgIpc) is 2.70. The minimum Gasteiger partial charge on any atom is -0.272 e. The minimum atomic E-state index is -3.44. The SMILES string of the molecule is Cc1ccc(S(=O)(=O)N(C)CCc2c(C)nn(C)c2C)cc1. The van der Waals surface area contributed by atoms with Crippen LogP contribution < -0.4 is 0 Å². The van der Waals surface area contributed by atoms with E-state index in [9.17, 15) is 8.42 Å². The average molecular weight is 321 g/mol. The summed E-state index contributed by atoms with van der Waals surface area (Å²) in [6.45, 7) is 6.33. The second-order valence-corrected chi connectivity index (χ2v) is 7.71. The van der Waals surface area contributed by atoms with Crippen LogP contribution in [0.1, 0.15) is 22.5 Å². The second kappa shape index (κ2) is 6.22. The van der Waals surface area contributed by atoms with Gasteiger partial charge < -0.3 is 0 Å². The van der Waals surface area contributed by atoms with Crippen LogP contribution in [0.3, 0.4) is 0 Å². The molecule has 5 nitrogen and oxygen atoms in total. The van der Waals surface area contributed by atoms with Gasteiger partial charge in [-0.15, -0.1) is 0 Å². The molecule has 6 heteroatoms. The van der Waals surface area contributed by atoms with Gasteiger partial charge in [0.2, 0.25) is 10.0 Å². The fourth-order valence-electron chi connectivity index (χ4n) is 2.46. The Morgan fingerprint density at radius 1 is 1.14 bits per heavy atom. The highest BCUT2D eigenvalue weighted by molar-refractivity contribution is 7.89. The maximum absolute atomic E-state index is 12.5. The van der Waals surface area contributed by atoms with Crippen molar-refractivity contribution in [2.75, 3.05) is 13.6 Å². The highest BCUT2D eigenvalue weighted by Gasteiger charge is 2.21. The van der Waals surface area contributed by atoms with Crippen molar-refractivity contribution >= 4 is 10.0 Å². The van der Waals surface area contributed by atoms with Crippen LogP contribution in [-0.2, 0) is 23.5 Å². The molecule has 22 heavy (non-hydrogen) atoms. The molecule has 0 fully saturated rings. The molecule has 0 spiro atoms. The summed E-state index contributed by atoms with van der Waals surface area (Å²) < 4.78 is 28.3. The minimum absolute atomic E-state index is 0.334. The largest absolute Gasteiger partial charge is 0.272 e. The van der Waals surface area contributed by atoms with Crippen LogP contribution >= 0.6 is 0 Å². The fraction of sp³-hybridized carbons (Fsp3) is 0.438. The molecule has 0 bridgehead atoms. The molecule has 2 aromatic rings. The number of hydrogen-bond acceptors (Lipinski definition) is 3. The summed E-state index contributed by atoms with van der Waals surface area (Å²) in [5.41, 5.74) is 4.21. The van der Waals surface area contributed by atoms with Crippen LogP contribution in [0.2, 0.25) is 0 Å². The molecule has 0 N–H and O–H groups in total. The lowest BCUT2D eigenvalue weighted by Crippen LogP contribution is -2.29. The Balaban J connectivity index is 2.14. The van der Waals surface area contributed by atoms with Crippen molar-refractivity contribution in [1.82, 2.24) is 14.1 Å². The van der Waals surface area contributed by atoms with E-state index in [2.05, 4.69) is 5.10 Å². The molecule has 0 saturated heterocycles. The molecular weight excluding hydrogens is 298 g/mol. The van der Waals surface area contributed by atoms with E-state index < -0.39 is 10.0 Å². The third-order valence-corrected chi connectivity index (χ3v) is 5.94. The van der Waals surface area contributed by atoms with E-state index in [1.54, 1.807) is 19.2 Å². The van der Waals surface area contributed by atoms with E-state index in [-0.39, 0.29) is 0 Å². The van der Waals surface area contributed by atoms with Crippen molar-refractivity contribution in [3.63, 3.8) is 0 Å². The smallest absolute Gasteiger partial charge is 0.242 e. The summed E-state index contributed by atoms with van der Waals surface area (Å²) in [7, 11) is 0.0840. The van der Waals surface area contributed by atoms with Gasteiger partial charge in [-0.25, -0.2) is 12.7 Å². The maximum Gasteiger partial charge on any atom is 0.242 e. The normalized spacial score (nSPS) is 12.1.